The Balaban J connectivity index is 2.07. The molecule has 2 aromatic rings. The maximum atomic E-state index is 13.0. The van der Waals surface area contributed by atoms with Gasteiger partial charge in [-0.05, 0) is 48.9 Å². The second-order valence-corrected chi connectivity index (χ2v) is 8.20. The van der Waals surface area contributed by atoms with E-state index in [1.165, 1.54) is 6.26 Å². The number of nitrogens with zero attached hydrogens (tertiary/aromatic N) is 2. The summed E-state index contributed by atoms with van der Waals surface area (Å²) in [5.41, 5.74) is 0.798. The van der Waals surface area contributed by atoms with Crippen molar-refractivity contribution in [2.75, 3.05) is 20.2 Å². The fourth-order valence-corrected chi connectivity index (χ4v) is 2.80. The highest BCUT2D eigenvalue weighted by Gasteiger charge is 2.20. The number of aromatic nitrogens is 1. The molecular weight excluding hydrogens is 382 g/mol. The van der Waals surface area contributed by atoms with Gasteiger partial charge in [0, 0.05) is 18.7 Å². The van der Waals surface area contributed by atoms with E-state index in [4.69, 9.17) is 9.15 Å². The summed E-state index contributed by atoms with van der Waals surface area (Å²) in [6, 6.07) is 7.01. The van der Waals surface area contributed by atoms with Crippen LogP contribution in [0.15, 0.2) is 34.9 Å². The Kier molecular flexibility index (Phi) is 8.89. The molecule has 0 spiro atoms. The average molecular weight is 416 g/mol. The van der Waals surface area contributed by atoms with Crippen LogP contribution in [0.5, 0.6) is 5.75 Å². The van der Waals surface area contributed by atoms with Crippen molar-refractivity contribution in [3.8, 4) is 5.75 Å². The van der Waals surface area contributed by atoms with Crippen LogP contribution in [0.3, 0.4) is 0 Å². The SMILES string of the molecule is COc1ccc(C(=O)N(CCC(C)C)Cc2nc(C(=O)NCCC(C)C)co2)cc1. The predicted octanol–water partition coefficient (Wildman–Crippen LogP) is 4.15. The molecule has 0 aliphatic heterocycles. The fraction of sp³-hybridized carbons (Fsp3) is 0.522. The van der Waals surface area contributed by atoms with Crippen LogP contribution in [0, 0.1) is 11.8 Å². The van der Waals surface area contributed by atoms with E-state index >= 15 is 0 Å². The lowest BCUT2D eigenvalue weighted by Gasteiger charge is -2.22. The highest BCUT2D eigenvalue weighted by atomic mass is 16.5. The van der Waals surface area contributed by atoms with Gasteiger partial charge < -0.3 is 19.4 Å². The van der Waals surface area contributed by atoms with Crippen LogP contribution in [0.1, 0.15) is 67.3 Å². The summed E-state index contributed by atoms with van der Waals surface area (Å²) in [6.07, 6.45) is 3.10. The van der Waals surface area contributed by atoms with Crippen molar-refractivity contribution in [3.63, 3.8) is 0 Å². The number of hydrogen-bond donors (Lipinski definition) is 1. The molecule has 0 bridgehead atoms. The molecule has 0 unspecified atom stereocenters. The van der Waals surface area contributed by atoms with Gasteiger partial charge in [0.2, 0.25) is 5.89 Å². The molecule has 2 rings (SSSR count). The van der Waals surface area contributed by atoms with Crippen molar-refractivity contribution < 1.29 is 18.7 Å². The number of benzene rings is 1. The summed E-state index contributed by atoms with van der Waals surface area (Å²) in [7, 11) is 1.59. The molecule has 0 aliphatic carbocycles. The van der Waals surface area contributed by atoms with Gasteiger partial charge in [-0.25, -0.2) is 4.98 Å². The zero-order chi connectivity index (χ0) is 22.1. The van der Waals surface area contributed by atoms with Crippen LogP contribution in [0.25, 0.3) is 0 Å². The summed E-state index contributed by atoms with van der Waals surface area (Å²) in [4.78, 5) is 31.3. The van der Waals surface area contributed by atoms with Gasteiger partial charge in [-0.1, -0.05) is 27.7 Å². The van der Waals surface area contributed by atoms with E-state index in [0.29, 0.717) is 42.1 Å². The zero-order valence-corrected chi connectivity index (χ0v) is 18.6. The molecule has 0 saturated carbocycles. The van der Waals surface area contributed by atoms with Crippen LogP contribution in [-0.2, 0) is 6.54 Å². The molecule has 2 amide bonds. The maximum absolute atomic E-state index is 13.0. The maximum Gasteiger partial charge on any atom is 0.273 e. The Morgan fingerprint density at radius 3 is 2.37 bits per heavy atom. The van der Waals surface area contributed by atoms with Crippen molar-refractivity contribution in [1.29, 1.82) is 0 Å². The number of methoxy groups -OCH3 is 1. The van der Waals surface area contributed by atoms with Gasteiger partial charge >= 0.3 is 0 Å². The van der Waals surface area contributed by atoms with E-state index in [9.17, 15) is 9.59 Å². The lowest BCUT2D eigenvalue weighted by Crippen LogP contribution is -2.32. The number of carbonyl (C=O) groups is 2. The van der Waals surface area contributed by atoms with Crippen molar-refractivity contribution in [3.05, 3.63) is 47.7 Å². The number of amides is 2. The quantitative estimate of drug-likeness (QED) is 0.596. The topological polar surface area (TPSA) is 84.7 Å². The summed E-state index contributed by atoms with van der Waals surface area (Å²) in [5, 5.41) is 2.84. The van der Waals surface area contributed by atoms with E-state index in [2.05, 4.69) is 38.0 Å². The van der Waals surface area contributed by atoms with Crippen LogP contribution >= 0.6 is 0 Å². The Morgan fingerprint density at radius 1 is 1.10 bits per heavy atom. The van der Waals surface area contributed by atoms with Gasteiger partial charge in [0.1, 0.15) is 12.0 Å². The Morgan fingerprint density at radius 2 is 1.77 bits per heavy atom. The lowest BCUT2D eigenvalue weighted by molar-refractivity contribution is 0.0720. The molecule has 0 radical (unpaired) electrons. The van der Waals surface area contributed by atoms with Gasteiger partial charge in [0.15, 0.2) is 5.69 Å². The van der Waals surface area contributed by atoms with Crippen molar-refractivity contribution in [2.45, 2.75) is 47.1 Å². The summed E-state index contributed by atoms with van der Waals surface area (Å²) in [6.45, 7) is 9.80. The zero-order valence-electron chi connectivity index (χ0n) is 18.6. The van der Waals surface area contributed by atoms with E-state index in [1.54, 1.807) is 36.3 Å². The minimum atomic E-state index is -0.263. The Labute approximate surface area is 178 Å². The second-order valence-electron chi connectivity index (χ2n) is 8.20. The second kappa shape index (κ2) is 11.4. The van der Waals surface area contributed by atoms with E-state index in [0.717, 1.165) is 12.8 Å². The molecule has 30 heavy (non-hydrogen) atoms. The first kappa shape index (κ1) is 23.4. The molecule has 0 saturated heterocycles. The molecule has 164 valence electrons. The Bertz CT molecular complexity index is 812. The Hall–Kier alpha value is -2.83. The lowest BCUT2D eigenvalue weighted by atomic mass is 10.1. The molecule has 1 heterocycles. The predicted molar refractivity (Wildman–Crippen MR) is 115 cm³/mol. The van der Waals surface area contributed by atoms with Gasteiger partial charge in [-0.3, -0.25) is 9.59 Å². The molecule has 1 aromatic heterocycles. The van der Waals surface area contributed by atoms with Crippen molar-refractivity contribution >= 4 is 11.8 Å². The van der Waals surface area contributed by atoms with Gasteiger partial charge in [0.25, 0.3) is 11.8 Å². The average Bonchev–Trinajstić information content (AvgIpc) is 3.19. The van der Waals surface area contributed by atoms with Crippen LogP contribution in [-0.4, -0.2) is 41.9 Å². The molecule has 7 heteroatoms. The minimum absolute atomic E-state index is 0.112. The van der Waals surface area contributed by atoms with Gasteiger partial charge in [-0.2, -0.15) is 0 Å². The monoisotopic (exact) mass is 415 g/mol. The number of carbonyl (C=O) groups excluding carboxylic acids is 2. The summed E-state index contributed by atoms with van der Waals surface area (Å²) in [5.74, 6) is 1.62. The fourth-order valence-electron chi connectivity index (χ4n) is 2.80. The smallest absolute Gasteiger partial charge is 0.273 e. The molecule has 0 fully saturated rings. The first-order chi connectivity index (χ1) is 14.3. The van der Waals surface area contributed by atoms with E-state index in [-0.39, 0.29) is 24.1 Å². The molecule has 1 N–H and O–H groups in total. The summed E-state index contributed by atoms with van der Waals surface area (Å²) < 4.78 is 10.6. The normalized spacial score (nSPS) is 11.0. The van der Waals surface area contributed by atoms with E-state index in [1.807, 2.05) is 0 Å². The first-order valence-corrected chi connectivity index (χ1v) is 10.5. The highest BCUT2D eigenvalue weighted by Crippen LogP contribution is 2.16. The third-order valence-electron chi connectivity index (χ3n) is 4.72. The van der Waals surface area contributed by atoms with Gasteiger partial charge in [0.05, 0.1) is 13.7 Å². The summed E-state index contributed by atoms with van der Waals surface area (Å²) >= 11 is 0. The van der Waals surface area contributed by atoms with Crippen LogP contribution in [0.4, 0.5) is 0 Å². The number of rotatable bonds is 11. The molecule has 1 aromatic carbocycles. The van der Waals surface area contributed by atoms with Crippen molar-refractivity contribution in [2.24, 2.45) is 11.8 Å². The minimum Gasteiger partial charge on any atom is -0.497 e. The standard InChI is InChI=1S/C23H33N3O4/c1-16(2)10-12-24-22(27)20-15-30-21(25-20)14-26(13-11-17(3)4)23(28)18-6-8-19(29-5)9-7-18/h6-9,15-17H,10-14H2,1-5H3,(H,24,27). The number of nitrogens with one attached hydrogen (secondary N) is 1. The molecule has 0 aliphatic rings. The molecule has 7 nitrogen and oxygen atoms in total. The number of ether oxygens (including phenoxy) is 1. The third-order valence-corrected chi connectivity index (χ3v) is 4.72. The largest absolute Gasteiger partial charge is 0.497 e. The molecular formula is C23H33N3O4. The van der Waals surface area contributed by atoms with Crippen LogP contribution < -0.4 is 10.1 Å². The first-order valence-electron chi connectivity index (χ1n) is 10.5. The van der Waals surface area contributed by atoms with E-state index < -0.39 is 0 Å². The van der Waals surface area contributed by atoms with Crippen molar-refractivity contribution in [1.82, 2.24) is 15.2 Å². The van der Waals surface area contributed by atoms with Crippen LogP contribution in [0.2, 0.25) is 0 Å². The number of oxazole rings is 1. The van der Waals surface area contributed by atoms with Gasteiger partial charge in [-0.15, -0.1) is 0 Å². The highest BCUT2D eigenvalue weighted by molar-refractivity contribution is 5.94. The molecule has 0 atom stereocenters. The number of hydrogen-bond acceptors (Lipinski definition) is 5. The third kappa shape index (κ3) is 7.21.